The van der Waals surface area contributed by atoms with Crippen LogP contribution >= 0.6 is 0 Å². The summed E-state index contributed by atoms with van der Waals surface area (Å²) >= 11 is 0. The molecule has 6 heteroatoms. The molecule has 4 aromatic rings. The smallest absolute Gasteiger partial charge is 0.261 e. The van der Waals surface area contributed by atoms with Crippen molar-refractivity contribution >= 4 is 26.7 Å². The minimum atomic E-state index is -3.77. The van der Waals surface area contributed by atoms with E-state index in [1.165, 1.54) is 11.1 Å². The van der Waals surface area contributed by atoms with Crippen LogP contribution in [0.1, 0.15) is 54.4 Å². The predicted octanol–water partition coefficient (Wildman–Crippen LogP) is 6.42. The van der Waals surface area contributed by atoms with Gasteiger partial charge in [0.1, 0.15) is 11.3 Å². The maximum atomic E-state index is 13.3. The highest BCUT2D eigenvalue weighted by Crippen LogP contribution is 2.33. The number of aryl methyl sites for hydroxylation is 3. The van der Waals surface area contributed by atoms with Gasteiger partial charge >= 0.3 is 0 Å². The average molecular weight is 476 g/mol. The molecule has 0 amide bonds. The first-order valence-corrected chi connectivity index (χ1v) is 13.0. The molecular formula is C28H33N3O2S. The van der Waals surface area contributed by atoms with Crippen LogP contribution in [0, 0.1) is 27.7 Å². The zero-order chi connectivity index (χ0) is 24.8. The molecule has 1 N–H and O–H groups in total. The first kappa shape index (κ1) is 24.0. The van der Waals surface area contributed by atoms with Gasteiger partial charge in [0.05, 0.1) is 16.1 Å². The molecule has 0 atom stereocenters. The average Bonchev–Trinajstić information content (AvgIpc) is 3.06. The summed E-state index contributed by atoms with van der Waals surface area (Å²) < 4.78 is 31.7. The van der Waals surface area contributed by atoms with Gasteiger partial charge < -0.3 is 4.57 Å². The highest BCUT2D eigenvalue weighted by atomic mass is 32.2. The number of nitrogens with zero attached hydrogens (tertiary/aromatic N) is 2. The van der Waals surface area contributed by atoms with Gasteiger partial charge in [-0.05, 0) is 73.6 Å². The van der Waals surface area contributed by atoms with E-state index in [0.29, 0.717) is 17.7 Å². The van der Waals surface area contributed by atoms with Gasteiger partial charge in [0.25, 0.3) is 10.0 Å². The first-order valence-electron chi connectivity index (χ1n) is 11.5. The highest BCUT2D eigenvalue weighted by Gasteiger charge is 2.22. The van der Waals surface area contributed by atoms with Crippen molar-refractivity contribution < 1.29 is 8.42 Å². The van der Waals surface area contributed by atoms with Gasteiger partial charge in [-0.1, -0.05) is 62.7 Å². The molecule has 4 rings (SSSR count). The number of anilines is 1. The number of hydrogen-bond donors (Lipinski definition) is 1. The van der Waals surface area contributed by atoms with Crippen LogP contribution in [0.2, 0.25) is 0 Å². The Labute approximate surface area is 202 Å². The molecule has 1 aromatic heterocycles. The fraction of sp³-hybridized carbons (Fsp3) is 0.321. The number of hydrogen-bond acceptors (Lipinski definition) is 3. The molecule has 5 nitrogen and oxygen atoms in total. The lowest BCUT2D eigenvalue weighted by molar-refractivity contribution is 0.587. The van der Waals surface area contributed by atoms with E-state index in [1.807, 2.05) is 32.9 Å². The second kappa shape index (κ2) is 8.58. The molecule has 0 radical (unpaired) electrons. The van der Waals surface area contributed by atoms with E-state index >= 15 is 0 Å². The summed E-state index contributed by atoms with van der Waals surface area (Å²) in [4.78, 5) is 5.04. The van der Waals surface area contributed by atoms with E-state index in [2.05, 4.69) is 67.3 Å². The Balaban J connectivity index is 1.77. The maximum absolute atomic E-state index is 13.3. The molecule has 0 saturated carbocycles. The minimum Gasteiger partial charge on any atom is -0.324 e. The van der Waals surface area contributed by atoms with Crippen LogP contribution in [0.25, 0.3) is 11.0 Å². The Kier molecular flexibility index (Phi) is 6.06. The zero-order valence-corrected chi connectivity index (χ0v) is 21.8. The zero-order valence-electron chi connectivity index (χ0n) is 21.0. The summed E-state index contributed by atoms with van der Waals surface area (Å²) in [7, 11) is -3.77. The van der Waals surface area contributed by atoms with Gasteiger partial charge in [-0.25, -0.2) is 13.4 Å². The Morgan fingerprint density at radius 3 is 2.24 bits per heavy atom. The van der Waals surface area contributed by atoms with Crippen LogP contribution in [0.4, 0.5) is 5.69 Å². The van der Waals surface area contributed by atoms with E-state index < -0.39 is 10.0 Å². The Morgan fingerprint density at radius 2 is 1.62 bits per heavy atom. The summed E-state index contributed by atoms with van der Waals surface area (Å²) in [6, 6.07) is 17.6. The molecular weight excluding hydrogens is 442 g/mol. The number of fused-ring (bicyclic) bond motifs is 1. The Morgan fingerprint density at radius 1 is 0.941 bits per heavy atom. The van der Waals surface area contributed by atoms with Crippen LogP contribution in [0.5, 0.6) is 0 Å². The summed E-state index contributed by atoms with van der Waals surface area (Å²) in [5, 5.41) is 0. The van der Waals surface area contributed by atoms with Crippen molar-refractivity contribution in [3.8, 4) is 0 Å². The molecule has 0 aliphatic rings. The molecule has 178 valence electrons. The summed E-state index contributed by atoms with van der Waals surface area (Å²) in [6.07, 6.45) is 0. The lowest BCUT2D eigenvalue weighted by Crippen LogP contribution is -2.16. The van der Waals surface area contributed by atoms with Gasteiger partial charge in [0.2, 0.25) is 0 Å². The molecule has 0 saturated heterocycles. The highest BCUT2D eigenvalue weighted by molar-refractivity contribution is 7.92. The Hall–Kier alpha value is -3.12. The van der Waals surface area contributed by atoms with Crippen LogP contribution < -0.4 is 4.72 Å². The Bertz CT molecular complexity index is 1480. The third kappa shape index (κ3) is 4.60. The largest absolute Gasteiger partial charge is 0.324 e. The van der Waals surface area contributed by atoms with Crippen molar-refractivity contribution in [3.05, 3.63) is 88.2 Å². The monoisotopic (exact) mass is 475 g/mol. The predicted molar refractivity (Wildman–Crippen MR) is 140 cm³/mol. The SMILES string of the molecule is Cc1cccc(Cn2c(C)nc3c(NS(=O)(=O)c4ccc(C(C)(C)C)cc4)c(C)c(C)cc32)c1. The maximum Gasteiger partial charge on any atom is 0.261 e. The van der Waals surface area contributed by atoms with Crippen molar-refractivity contribution in [1.82, 2.24) is 9.55 Å². The van der Waals surface area contributed by atoms with Crippen LogP contribution in [0.3, 0.4) is 0 Å². The molecule has 3 aromatic carbocycles. The number of benzene rings is 3. The van der Waals surface area contributed by atoms with Gasteiger partial charge in [0.15, 0.2) is 0 Å². The summed E-state index contributed by atoms with van der Waals surface area (Å²) in [5.41, 5.74) is 7.45. The fourth-order valence-electron chi connectivity index (χ4n) is 4.24. The number of imidazole rings is 1. The summed E-state index contributed by atoms with van der Waals surface area (Å²) in [5.74, 6) is 0.844. The van der Waals surface area contributed by atoms with E-state index in [0.717, 1.165) is 28.0 Å². The number of rotatable bonds is 5. The topological polar surface area (TPSA) is 64.0 Å². The molecule has 0 aliphatic heterocycles. The van der Waals surface area contributed by atoms with Crippen molar-refractivity contribution in [2.45, 2.75) is 65.3 Å². The third-order valence-corrected chi connectivity index (χ3v) is 7.81. The van der Waals surface area contributed by atoms with E-state index in [-0.39, 0.29) is 10.3 Å². The molecule has 1 heterocycles. The third-order valence-electron chi connectivity index (χ3n) is 6.44. The molecule has 0 unspecified atom stereocenters. The minimum absolute atomic E-state index is 0.0450. The van der Waals surface area contributed by atoms with Crippen LogP contribution in [-0.2, 0) is 22.0 Å². The van der Waals surface area contributed by atoms with Gasteiger partial charge in [-0.2, -0.15) is 0 Å². The second-order valence-corrected chi connectivity index (χ2v) is 11.9. The number of sulfonamides is 1. The standard InChI is InChI=1S/C28H33N3O2S/c1-18-9-8-10-22(15-18)17-31-21(4)29-27-25(31)16-19(2)20(3)26(27)30-34(32,33)24-13-11-23(12-14-24)28(5,6)7/h8-16,30H,17H2,1-7H3. The number of aromatic nitrogens is 2. The van der Waals surface area contributed by atoms with Crippen LogP contribution in [0.15, 0.2) is 59.5 Å². The van der Waals surface area contributed by atoms with E-state index in [4.69, 9.17) is 4.98 Å². The fourth-order valence-corrected chi connectivity index (χ4v) is 5.38. The van der Waals surface area contributed by atoms with Crippen molar-refractivity contribution in [2.75, 3.05) is 4.72 Å². The van der Waals surface area contributed by atoms with Crippen molar-refractivity contribution in [1.29, 1.82) is 0 Å². The van der Waals surface area contributed by atoms with Gasteiger partial charge in [0, 0.05) is 6.54 Å². The van der Waals surface area contributed by atoms with Crippen molar-refractivity contribution in [3.63, 3.8) is 0 Å². The normalized spacial score (nSPS) is 12.3. The quantitative estimate of drug-likeness (QED) is 0.362. The van der Waals surface area contributed by atoms with Crippen LogP contribution in [-0.4, -0.2) is 18.0 Å². The van der Waals surface area contributed by atoms with Gasteiger partial charge in [-0.3, -0.25) is 4.72 Å². The van der Waals surface area contributed by atoms with E-state index in [9.17, 15) is 8.42 Å². The molecule has 34 heavy (non-hydrogen) atoms. The van der Waals surface area contributed by atoms with Gasteiger partial charge in [-0.15, -0.1) is 0 Å². The van der Waals surface area contributed by atoms with Crippen molar-refractivity contribution in [2.24, 2.45) is 0 Å². The second-order valence-electron chi connectivity index (χ2n) is 10.2. The summed E-state index contributed by atoms with van der Waals surface area (Å²) in [6.45, 7) is 15.0. The molecule has 0 bridgehead atoms. The molecule has 0 fully saturated rings. The molecule has 0 spiro atoms. The van der Waals surface area contributed by atoms with E-state index in [1.54, 1.807) is 12.1 Å². The first-order chi connectivity index (χ1) is 15.9. The number of nitrogens with one attached hydrogen (secondary N) is 1. The molecule has 0 aliphatic carbocycles. The lowest BCUT2D eigenvalue weighted by atomic mass is 9.87. The lowest BCUT2D eigenvalue weighted by Gasteiger charge is -2.19.